The van der Waals surface area contributed by atoms with E-state index in [1.807, 2.05) is 0 Å². The van der Waals surface area contributed by atoms with E-state index in [2.05, 4.69) is 50.4 Å². The highest BCUT2D eigenvalue weighted by molar-refractivity contribution is 5.39. The normalized spacial score (nSPS) is 36.5. The number of hydrogen-bond donors (Lipinski definition) is 1. The Bertz CT molecular complexity index is 460. The van der Waals surface area contributed by atoms with Crippen LogP contribution in [0.5, 0.6) is 5.75 Å². The van der Waals surface area contributed by atoms with Crippen molar-refractivity contribution in [3.8, 4) is 5.75 Å². The zero-order chi connectivity index (χ0) is 14.2. The molecule has 1 saturated carbocycles. The molecule has 0 radical (unpaired) electrons. The van der Waals surface area contributed by atoms with Gasteiger partial charge in [0, 0.05) is 18.0 Å². The maximum atomic E-state index is 6.54. The maximum Gasteiger partial charge on any atom is 0.124 e. The van der Waals surface area contributed by atoms with E-state index in [4.69, 9.17) is 4.74 Å². The molecule has 110 valence electrons. The van der Waals surface area contributed by atoms with Crippen molar-refractivity contribution >= 4 is 0 Å². The van der Waals surface area contributed by atoms with Crippen LogP contribution in [0.15, 0.2) is 24.3 Å². The lowest BCUT2D eigenvalue weighted by molar-refractivity contribution is -0.0346. The second-order valence-electron chi connectivity index (χ2n) is 6.99. The third-order valence-electron chi connectivity index (χ3n) is 4.89. The standard InChI is InChI=1S/C18H27NO/c1-4-19-16-12-18(10-13(2)9-14(3)11-18)20-17-8-6-5-7-15(16)17/h5-8,13-14,16,19H,4,9-12H2,1-3H3. The van der Waals surface area contributed by atoms with E-state index in [1.54, 1.807) is 0 Å². The van der Waals surface area contributed by atoms with Crippen LogP contribution in [0, 0.1) is 11.8 Å². The molecule has 0 saturated heterocycles. The Balaban J connectivity index is 1.92. The topological polar surface area (TPSA) is 21.3 Å². The summed E-state index contributed by atoms with van der Waals surface area (Å²) in [6.45, 7) is 7.96. The van der Waals surface area contributed by atoms with Crippen LogP contribution < -0.4 is 10.1 Å². The largest absolute Gasteiger partial charge is 0.487 e. The summed E-state index contributed by atoms with van der Waals surface area (Å²) in [5.41, 5.74) is 1.39. The van der Waals surface area contributed by atoms with Gasteiger partial charge >= 0.3 is 0 Å². The van der Waals surface area contributed by atoms with Crippen molar-refractivity contribution in [3.05, 3.63) is 29.8 Å². The number of nitrogens with one attached hydrogen (secondary N) is 1. The van der Waals surface area contributed by atoms with E-state index >= 15 is 0 Å². The average Bonchev–Trinajstić information content (AvgIpc) is 2.37. The minimum Gasteiger partial charge on any atom is -0.487 e. The summed E-state index contributed by atoms with van der Waals surface area (Å²) >= 11 is 0. The summed E-state index contributed by atoms with van der Waals surface area (Å²) < 4.78 is 6.54. The monoisotopic (exact) mass is 273 g/mol. The van der Waals surface area contributed by atoms with Crippen LogP contribution in [0.3, 0.4) is 0 Å². The van der Waals surface area contributed by atoms with Gasteiger partial charge in [0.25, 0.3) is 0 Å². The molecular weight excluding hydrogens is 246 g/mol. The molecule has 1 aromatic rings. The summed E-state index contributed by atoms with van der Waals surface area (Å²) in [5, 5.41) is 3.66. The van der Waals surface area contributed by atoms with Gasteiger partial charge < -0.3 is 10.1 Å². The van der Waals surface area contributed by atoms with E-state index in [0.717, 1.165) is 30.6 Å². The molecule has 1 heterocycles. The van der Waals surface area contributed by atoms with E-state index in [0.29, 0.717) is 6.04 Å². The van der Waals surface area contributed by atoms with Crippen LogP contribution in [-0.2, 0) is 0 Å². The van der Waals surface area contributed by atoms with Gasteiger partial charge in [0.05, 0.1) is 0 Å². The highest BCUT2D eigenvalue weighted by Gasteiger charge is 2.45. The van der Waals surface area contributed by atoms with Crippen molar-refractivity contribution in [3.63, 3.8) is 0 Å². The van der Waals surface area contributed by atoms with Gasteiger partial charge in [0.15, 0.2) is 0 Å². The second kappa shape index (κ2) is 5.40. The van der Waals surface area contributed by atoms with Crippen LogP contribution in [0.1, 0.15) is 58.1 Å². The third-order valence-corrected chi connectivity index (χ3v) is 4.89. The summed E-state index contributed by atoms with van der Waals surface area (Å²) in [6.07, 6.45) is 4.87. The number of benzene rings is 1. The Morgan fingerprint density at radius 2 is 1.85 bits per heavy atom. The van der Waals surface area contributed by atoms with Crippen molar-refractivity contribution in [1.29, 1.82) is 0 Å². The first-order valence-electron chi connectivity index (χ1n) is 8.13. The van der Waals surface area contributed by atoms with Crippen molar-refractivity contribution < 1.29 is 4.74 Å². The molecule has 1 aliphatic carbocycles. The minimum atomic E-state index is 0.0538. The molecule has 3 atom stereocenters. The predicted molar refractivity (Wildman–Crippen MR) is 83.0 cm³/mol. The van der Waals surface area contributed by atoms with E-state index in [9.17, 15) is 0 Å². The van der Waals surface area contributed by atoms with Gasteiger partial charge in [-0.3, -0.25) is 0 Å². The zero-order valence-corrected chi connectivity index (χ0v) is 13.0. The molecule has 0 aromatic heterocycles. The maximum absolute atomic E-state index is 6.54. The van der Waals surface area contributed by atoms with E-state index < -0.39 is 0 Å². The smallest absolute Gasteiger partial charge is 0.124 e. The fourth-order valence-corrected chi connectivity index (χ4v) is 4.50. The lowest BCUT2D eigenvalue weighted by atomic mass is 9.69. The van der Waals surface area contributed by atoms with Crippen molar-refractivity contribution in [2.45, 2.75) is 58.1 Å². The second-order valence-corrected chi connectivity index (χ2v) is 6.99. The lowest BCUT2D eigenvalue weighted by Gasteiger charge is -2.48. The Morgan fingerprint density at radius 1 is 1.15 bits per heavy atom. The highest BCUT2D eigenvalue weighted by Crippen LogP contribution is 2.48. The Kier molecular flexibility index (Phi) is 3.76. The number of para-hydroxylation sites is 1. The SMILES string of the molecule is CCNC1CC2(CC(C)CC(C)C2)Oc2ccccc21. The molecule has 2 aliphatic rings. The number of fused-ring (bicyclic) bond motifs is 1. The number of ether oxygens (including phenoxy) is 1. The first-order chi connectivity index (χ1) is 9.62. The molecule has 3 rings (SSSR count). The molecule has 0 amide bonds. The van der Waals surface area contributed by atoms with Crippen LogP contribution in [0.4, 0.5) is 0 Å². The fourth-order valence-electron chi connectivity index (χ4n) is 4.50. The Labute approximate surface area is 122 Å². The van der Waals surface area contributed by atoms with Gasteiger partial charge in [0.2, 0.25) is 0 Å². The summed E-state index contributed by atoms with van der Waals surface area (Å²) in [4.78, 5) is 0. The lowest BCUT2D eigenvalue weighted by Crippen LogP contribution is -2.48. The average molecular weight is 273 g/mol. The molecule has 1 spiro atoms. The van der Waals surface area contributed by atoms with Crippen LogP contribution in [0.2, 0.25) is 0 Å². The van der Waals surface area contributed by atoms with Gasteiger partial charge in [-0.25, -0.2) is 0 Å². The van der Waals surface area contributed by atoms with Crippen LogP contribution in [0.25, 0.3) is 0 Å². The first-order valence-corrected chi connectivity index (χ1v) is 8.13. The predicted octanol–water partition coefficient (Wildman–Crippen LogP) is 4.31. The van der Waals surface area contributed by atoms with Gasteiger partial charge in [-0.2, -0.15) is 0 Å². The Hall–Kier alpha value is -1.02. The van der Waals surface area contributed by atoms with Gasteiger partial charge in [-0.1, -0.05) is 39.0 Å². The third kappa shape index (κ3) is 2.58. The molecule has 0 bridgehead atoms. The van der Waals surface area contributed by atoms with Crippen LogP contribution in [-0.4, -0.2) is 12.1 Å². The van der Waals surface area contributed by atoms with E-state index in [1.165, 1.54) is 24.8 Å². The summed E-state index contributed by atoms with van der Waals surface area (Å²) in [6, 6.07) is 9.02. The van der Waals surface area contributed by atoms with Crippen molar-refractivity contribution in [2.75, 3.05) is 6.54 Å². The molecule has 1 N–H and O–H groups in total. The van der Waals surface area contributed by atoms with Crippen molar-refractivity contribution in [1.82, 2.24) is 5.32 Å². The molecule has 20 heavy (non-hydrogen) atoms. The Morgan fingerprint density at radius 3 is 2.55 bits per heavy atom. The summed E-state index contributed by atoms with van der Waals surface area (Å²) in [5.74, 6) is 2.64. The molecule has 2 heteroatoms. The van der Waals surface area contributed by atoms with E-state index in [-0.39, 0.29) is 5.60 Å². The zero-order valence-electron chi connectivity index (χ0n) is 13.0. The molecule has 1 fully saturated rings. The number of rotatable bonds is 2. The molecule has 2 nitrogen and oxygen atoms in total. The van der Waals surface area contributed by atoms with Gasteiger partial charge in [-0.05, 0) is 43.7 Å². The first kappa shape index (κ1) is 13.9. The van der Waals surface area contributed by atoms with Gasteiger partial charge in [-0.15, -0.1) is 0 Å². The molecule has 1 aromatic carbocycles. The minimum absolute atomic E-state index is 0.0538. The highest BCUT2D eigenvalue weighted by atomic mass is 16.5. The van der Waals surface area contributed by atoms with Crippen LogP contribution >= 0.6 is 0 Å². The van der Waals surface area contributed by atoms with Crippen molar-refractivity contribution in [2.24, 2.45) is 11.8 Å². The van der Waals surface area contributed by atoms with Gasteiger partial charge in [0.1, 0.15) is 11.4 Å². The molecule has 3 unspecified atom stereocenters. The molecule has 1 aliphatic heterocycles. The quantitative estimate of drug-likeness (QED) is 0.866. The molecular formula is C18H27NO. The summed E-state index contributed by atoms with van der Waals surface area (Å²) in [7, 11) is 0. The number of hydrogen-bond acceptors (Lipinski definition) is 2. The fraction of sp³-hybridized carbons (Fsp3) is 0.667.